The largest absolute Gasteiger partial charge is 0.486 e. The van der Waals surface area contributed by atoms with Crippen molar-refractivity contribution < 1.29 is 14.2 Å². The van der Waals surface area contributed by atoms with Crippen LogP contribution in [0.2, 0.25) is 0 Å². The third-order valence-corrected chi connectivity index (χ3v) is 3.91. The van der Waals surface area contributed by atoms with Crippen molar-refractivity contribution in [1.82, 2.24) is 10.6 Å². The van der Waals surface area contributed by atoms with Crippen molar-refractivity contribution in [2.45, 2.75) is 52.2 Å². The lowest BCUT2D eigenvalue weighted by Crippen LogP contribution is -2.43. The number of ether oxygens (including phenoxy) is 1. The molecule has 3 N–H and O–H groups in total. The summed E-state index contributed by atoms with van der Waals surface area (Å²) >= 11 is 0. The van der Waals surface area contributed by atoms with E-state index in [9.17, 15) is 9.50 Å². The molecule has 144 valence electrons. The highest BCUT2D eigenvalue weighted by Crippen LogP contribution is 2.17. The highest BCUT2D eigenvalue weighted by molar-refractivity contribution is 14.0. The van der Waals surface area contributed by atoms with Gasteiger partial charge in [0.1, 0.15) is 6.10 Å². The molecule has 1 atom stereocenters. The predicted molar refractivity (Wildman–Crippen MR) is 111 cm³/mol. The summed E-state index contributed by atoms with van der Waals surface area (Å²) in [6.07, 6.45) is 1.07. The molecule has 0 spiro atoms. The van der Waals surface area contributed by atoms with E-state index in [2.05, 4.69) is 15.6 Å². The fraction of sp³-hybridized carbons (Fsp3) is 0.611. The number of nitrogens with one attached hydrogen (secondary N) is 2. The minimum absolute atomic E-state index is 0. The van der Waals surface area contributed by atoms with E-state index in [-0.39, 0.29) is 41.6 Å². The lowest BCUT2D eigenvalue weighted by atomic mass is 9.98. The van der Waals surface area contributed by atoms with Crippen LogP contribution in [0.15, 0.2) is 29.3 Å². The first-order valence-corrected chi connectivity index (χ1v) is 8.59. The second-order valence-electron chi connectivity index (χ2n) is 5.87. The Balaban J connectivity index is 0.00000576. The lowest BCUT2D eigenvalue weighted by Gasteiger charge is -2.24. The molecule has 0 fully saturated rings. The van der Waals surface area contributed by atoms with Gasteiger partial charge in [-0.1, -0.05) is 26.0 Å². The Bertz CT molecular complexity index is 525. The van der Waals surface area contributed by atoms with Crippen LogP contribution in [0.4, 0.5) is 4.39 Å². The van der Waals surface area contributed by atoms with Crippen molar-refractivity contribution in [1.29, 1.82) is 0 Å². The Morgan fingerprint density at radius 1 is 1.24 bits per heavy atom. The number of hydrogen-bond donors (Lipinski definition) is 3. The Labute approximate surface area is 167 Å². The number of aliphatic hydroxyl groups is 1. The predicted octanol–water partition coefficient (Wildman–Crippen LogP) is 3.32. The molecule has 5 nitrogen and oxygen atoms in total. The monoisotopic (exact) mass is 467 g/mol. The van der Waals surface area contributed by atoms with Gasteiger partial charge < -0.3 is 20.5 Å². The number of hydrogen-bond acceptors (Lipinski definition) is 3. The second kappa shape index (κ2) is 12.3. The van der Waals surface area contributed by atoms with Gasteiger partial charge in [-0.25, -0.2) is 4.39 Å². The van der Waals surface area contributed by atoms with Gasteiger partial charge in [0.05, 0.1) is 18.7 Å². The lowest BCUT2D eigenvalue weighted by molar-refractivity contribution is 0.0418. The van der Waals surface area contributed by atoms with Gasteiger partial charge >= 0.3 is 0 Å². The number of nitrogens with zero attached hydrogens (tertiary/aromatic N) is 1. The summed E-state index contributed by atoms with van der Waals surface area (Å²) in [7, 11) is 0. The van der Waals surface area contributed by atoms with Gasteiger partial charge in [-0.3, -0.25) is 4.99 Å². The number of guanidine groups is 1. The normalized spacial score (nSPS) is 13.0. The van der Waals surface area contributed by atoms with Crippen molar-refractivity contribution in [2.24, 2.45) is 4.99 Å². The third-order valence-electron chi connectivity index (χ3n) is 3.91. The van der Waals surface area contributed by atoms with Crippen LogP contribution in [0, 0.1) is 5.82 Å². The van der Waals surface area contributed by atoms with Crippen molar-refractivity contribution >= 4 is 29.9 Å². The molecule has 1 rings (SSSR count). The summed E-state index contributed by atoms with van der Waals surface area (Å²) in [5.74, 6) is 0.475. The zero-order valence-electron chi connectivity index (χ0n) is 15.5. The van der Waals surface area contributed by atoms with E-state index in [4.69, 9.17) is 4.74 Å². The van der Waals surface area contributed by atoms with Crippen LogP contribution in [-0.2, 0) is 0 Å². The summed E-state index contributed by atoms with van der Waals surface area (Å²) < 4.78 is 19.2. The molecule has 0 amide bonds. The van der Waals surface area contributed by atoms with Crippen LogP contribution in [-0.4, -0.2) is 42.4 Å². The van der Waals surface area contributed by atoms with Crippen molar-refractivity contribution in [3.63, 3.8) is 0 Å². The Kier molecular flexibility index (Phi) is 11.8. The van der Waals surface area contributed by atoms with Gasteiger partial charge in [0.2, 0.25) is 0 Å². The molecular formula is C18H31FIN3O2. The Morgan fingerprint density at radius 2 is 1.88 bits per heavy atom. The number of para-hydroxylation sites is 1. The van der Waals surface area contributed by atoms with E-state index in [0.29, 0.717) is 38.4 Å². The quantitative estimate of drug-likeness (QED) is 0.296. The van der Waals surface area contributed by atoms with Gasteiger partial charge in [-0.05, 0) is 38.8 Å². The molecular weight excluding hydrogens is 436 g/mol. The summed E-state index contributed by atoms with van der Waals surface area (Å²) in [6, 6.07) is 6.34. The molecule has 0 bridgehead atoms. The molecule has 1 aromatic carbocycles. The average molecular weight is 467 g/mol. The van der Waals surface area contributed by atoms with Crippen LogP contribution in [0.5, 0.6) is 5.75 Å². The van der Waals surface area contributed by atoms with E-state index < -0.39 is 5.60 Å². The highest BCUT2D eigenvalue weighted by Gasteiger charge is 2.21. The first-order chi connectivity index (χ1) is 11.4. The number of rotatable bonds is 9. The molecule has 0 radical (unpaired) electrons. The molecule has 0 aliphatic carbocycles. The summed E-state index contributed by atoms with van der Waals surface area (Å²) in [4.78, 5) is 4.44. The average Bonchev–Trinajstić information content (AvgIpc) is 2.59. The van der Waals surface area contributed by atoms with Crippen LogP contribution in [0.25, 0.3) is 0 Å². The van der Waals surface area contributed by atoms with Crippen LogP contribution >= 0.6 is 24.0 Å². The smallest absolute Gasteiger partial charge is 0.191 e. The van der Waals surface area contributed by atoms with Gasteiger partial charge in [-0.15, -0.1) is 24.0 Å². The van der Waals surface area contributed by atoms with Gasteiger partial charge in [-0.2, -0.15) is 0 Å². The zero-order chi connectivity index (χ0) is 18.0. The standard InChI is InChI=1S/C18H30FN3O2.HI/c1-5-18(23,6-2)13-22-17(20-7-3)21-12-14(4)24-16-11-9-8-10-15(16)19;/h8-11,14,23H,5-7,12-13H2,1-4H3,(H2,20,21,22);1H. The molecule has 7 heteroatoms. The van der Waals surface area contributed by atoms with E-state index in [1.807, 2.05) is 27.7 Å². The van der Waals surface area contributed by atoms with E-state index in [0.717, 1.165) is 0 Å². The topological polar surface area (TPSA) is 65.9 Å². The maximum atomic E-state index is 13.6. The van der Waals surface area contributed by atoms with Crippen molar-refractivity contribution in [3.8, 4) is 5.75 Å². The van der Waals surface area contributed by atoms with Crippen LogP contribution in [0.1, 0.15) is 40.5 Å². The fourth-order valence-electron chi connectivity index (χ4n) is 2.08. The number of halogens is 2. The van der Waals surface area contributed by atoms with E-state index in [1.54, 1.807) is 18.2 Å². The second-order valence-corrected chi connectivity index (χ2v) is 5.87. The highest BCUT2D eigenvalue weighted by atomic mass is 127. The first-order valence-electron chi connectivity index (χ1n) is 8.59. The Hall–Kier alpha value is -1.09. The molecule has 0 aromatic heterocycles. The van der Waals surface area contributed by atoms with Crippen molar-refractivity contribution in [2.75, 3.05) is 19.6 Å². The van der Waals surface area contributed by atoms with Gasteiger partial charge in [0.15, 0.2) is 17.5 Å². The molecule has 0 saturated carbocycles. The zero-order valence-corrected chi connectivity index (χ0v) is 17.8. The van der Waals surface area contributed by atoms with Gasteiger partial charge in [0.25, 0.3) is 0 Å². The molecule has 25 heavy (non-hydrogen) atoms. The molecule has 0 aliphatic rings. The maximum absolute atomic E-state index is 13.6. The SMILES string of the molecule is CCNC(=NCC(O)(CC)CC)NCC(C)Oc1ccccc1F.I. The molecule has 1 aromatic rings. The molecule has 0 heterocycles. The molecule has 0 saturated heterocycles. The van der Waals surface area contributed by atoms with Crippen LogP contribution in [0.3, 0.4) is 0 Å². The summed E-state index contributed by atoms with van der Waals surface area (Å²) in [5, 5.41) is 16.6. The fourth-order valence-corrected chi connectivity index (χ4v) is 2.08. The van der Waals surface area contributed by atoms with Crippen LogP contribution < -0.4 is 15.4 Å². The minimum Gasteiger partial charge on any atom is -0.486 e. The van der Waals surface area contributed by atoms with E-state index in [1.165, 1.54) is 6.07 Å². The van der Waals surface area contributed by atoms with Gasteiger partial charge in [0, 0.05) is 6.54 Å². The van der Waals surface area contributed by atoms with E-state index >= 15 is 0 Å². The Morgan fingerprint density at radius 3 is 2.44 bits per heavy atom. The number of benzene rings is 1. The molecule has 0 aliphatic heterocycles. The first kappa shape index (κ1) is 23.9. The number of aliphatic imine (C=N–C) groups is 1. The summed E-state index contributed by atoms with van der Waals surface area (Å²) in [5.41, 5.74) is -0.780. The minimum atomic E-state index is -0.780. The summed E-state index contributed by atoms with van der Waals surface area (Å²) in [6.45, 7) is 9.24. The van der Waals surface area contributed by atoms with Crippen molar-refractivity contribution in [3.05, 3.63) is 30.1 Å². The molecule has 1 unspecified atom stereocenters. The maximum Gasteiger partial charge on any atom is 0.191 e. The third kappa shape index (κ3) is 8.71.